The van der Waals surface area contributed by atoms with E-state index >= 15 is 0 Å². The summed E-state index contributed by atoms with van der Waals surface area (Å²) in [6.45, 7) is 6.81. The zero-order chi connectivity index (χ0) is 22.1. The van der Waals surface area contributed by atoms with E-state index in [2.05, 4.69) is 66.6 Å². The van der Waals surface area contributed by atoms with E-state index in [0.717, 1.165) is 29.1 Å². The molecule has 1 aliphatic heterocycles. The maximum atomic E-state index is 6.36. The van der Waals surface area contributed by atoms with Crippen molar-refractivity contribution in [1.82, 2.24) is 29.1 Å². The van der Waals surface area contributed by atoms with Crippen LogP contribution in [0, 0.1) is 5.92 Å². The minimum Gasteiger partial charge on any atom is -0.383 e. The van der Waals surface area contributed by atoms with Crippen LogP contribution in [-0.4, -0.2) is 70.4 Å². The van der Waals surface area contributed by atoms with Gasteiger partial charge in [-0.2, -0.15) is 0 Å². The van der Waals surface area contributed by atoms with Crippen LogP contribution >= 0.6 is 11.9 Å². The molecule has 32 heavy (non-hydrogen) atoms. The summed E-state index contributed by atoms with van der Waals surface area (Å²) < 4.78 is 5.69. The molecule has 1 aliphatic carbocycles. The van der Waals surface area contributed by atoms with Gasteiger partial charge in [0.2, 0.25) is 0 Å². The molecule has 0 radical (unpaired) electrons. The minimum atomic E-state index is 0.486. The van der Waals surface area contributed by atoms with E-state index in [9.17, 15) is 0 Å². The molecule has 5 rings (SSSR count). The maximum Gasteiger partial charge on any atom is 0.146 e. The van der Waals surface area contributed by atoms with E-state index in [1.165, 1.54) is 56.7 Å². The van der Waals surface area contributed by atoms with Crippen molar-refractivity contribution < 1.29 is 0 Å². The molecule has 1 saturated carbocycles. The Morgan fingerprint density at radius 3 is 2.75 bits per heavy atom. The molecule has 170 valence electrons. The van der Waals surface area contributed by atoms with Gasteiger partial charge in [-0.05, 0) is 49.3 Å². The average Bonchev–Trinajstić information content (AvgIpc) is 3.16. The first kappa shape index (κ1) is 21.7. The maximum absolute atomic E-state index is 6.36. The Kier molecular flexibility index (Phi) is 6.37. The molecule has 2 fully saturated rings. The van der Waals surface area contributed by atoms with Crippen LogP contribution in [0.2, 0.25) is 0 Å². The highest BCUT2D eigenvalue weighted by Crippen LogP contribution is 2.43. The first-order valence-electron chi connectivity index (χ1n) is 11.5. The standard InChI is InChI=1S/C24H33N7S/c1-29-6-8-30(9-7-29)14-18-11-20(12-18)31-15-21(22-23(25)26-16-27-24(22)31)19-5-3-4-17(10-19)13-28-32-2/h3-5,10,15-16,18,20,28H,6-9,11-14H2,1-2H3,(H2,25,26,27). The fraction of sp³-hybridized carbons (Fsp3) is 0.500. The largest absolute Gasteiger partial charge is 0.383 e. The Balaban J connectivity index is 1.37. The van der Waals surface area contributed by atoms with E-state index < -0.39 is 0 Å². The predicted octanol–water partition coefficient (Wildman–Crippen LogP) is 3.25. The molecule has 3 N–H and O–H groups in total. The molecule has 2 aromatic heterocycles. The van der Waals surface area contributed by atoms with Crippen molar-refractivity contribution in [2.45, 2.75) is 25.4 Å². The minimum absolute atomic E-state index is 0.486. The smallest absolute Gasteiger partial charge is 0.146 e. The molecule has 0 unspecified atom stereocenters. The van der Waals surface area contributed by atoms with Crippen molar-refractivity contribution in [1.29, 1.82) is 0 Å². The van der Waals surface area contributed by atoms with Gasteiger partial charge in [0.1, 0.15) is 17.8 Å². The van der Waals surface area contributed by atoms with Gasteiger partial charge in [-0.25, -0.2) is 9.97 Å². The van der Waals surface area contributed by atoms with Gasteiger partial charge >= 0.3 is 0 Å². The highest BCUT2D eigenvalue weighted by atomic mass is 32.2. The summed E-state index contributed by atoms with van der Waals surface area (Å²) >= 11 is 1.63. The molecular formula is C24H33N7S. The molecule has 3 aromatic rings. The van der Waals surface area contributed by atoms with E-state index in [-0.39, 0.29) is 0 Å². The Morgan fingerprint density at radius 1 is 1.16 bits per heavy atom. The number of likely N-dealkylation sites (N-methyl/N-ethyl adjacent to an activating group) is 1. The highest BCUT2D eigenvalue weighted by molar-refractivity contribution is 7.96. The second-order valence-electron chi connectivity index (χ2n) is 9.23. The fourth-order valence-corrected chi connectivity index (χ4v) is 5.39. The van der Waals surface area contributed by atoms with E-state index in [1.54, 1.807) is 18.3 Å². The van der Waals surface area contributed by atoms with Gasteiger partial charge in [0.15, 0.2) is 0 Å². The van der Waals surface area contributed by atoms with Crippen molar-refractivity contribution >= 4 is 28.8 Å². The van der Waals surface area contributed by atoms with E-state index in [4.69, 9.17) is 5.73 Å². The van der Waals surface area contributed by atoms with E-state index in [0.29, 0.717) is 11.9 Å². The third-order valence-electron chi connectivity index (χ3n) is 7.01. The van der Waals surface area contributed by atoms with Crippen molar-refractivity contribution in [3.05, 3.63) is 42.4 Å². The highest BCUT2D eigenvalue weighted by Gasteiger charge is 2.34. The summed E-state index contributed by atoms with van der Waals surface area (Å²) in [7, 11) is 2.22. The number of piperazine rings is 1. The topological polar surface area (TPSA) is 75.2 Å². The third kappa shape index (κ3) is 4.37. The second-order valence-corrected chi connectivity index (χ2v) is 9.93. The monoisotopic (exact) mass is 451 g/mol. The number of nitrogen functional groups attached to an aromatic ring is 1. The molecule has 0 amide bonds. The number of nitrogens with two attached hydrogens (primary N) is 1. The number of fused-ring (bicyclic) bond motifs is 1. The lowest BCUT2D eigenvalue weighted by atomic mass is 9.79. The normalized spacial score (nSPS) is 22.3. The Bertz CT molecular complexity index is 1070. The molecule has 3 heterocycles. The lowest BCUT2D eigenvalue weighted by Gasteiger charge is -2.41. The lowest BCUT2D eigenvalue weighted by Crippen LogP contribution is -2.47. The van der Waals surface area contributed by atoms with Crippen molar-refractivity contribution in [2.75, 3.05) is 51.8 Å². The number of hydrogen-bond acceptors (Lipinski definition) is 7. The number of hydrogen-bond donors (Lipinski definition) is 2. The van der Waals surface area contributed by atoms with Crippen molar-refractivity contribution in [2.24, 2.45) is 5.92 Å². The van der Waals surface area contributed by atoms with Crippen LogP contribution in [0.5, 0.6) is 0 Å². The van der Waals surface area contributed by atoms with Crippen LogP contribution in [0.1, 0.15) is 24.4 Å². The number of nitrogens with one attached hydrogen (secondary N) is 1. The summed E-state index contributed by atoms with van der Waals surface area (Å²) in [5.41, 5.74) is 10.9. The van der Waals surface area contributed by atoms with Crippen LogP contribution in [0.15, 0.2) is 36.8 Å². The Morgan fingerprint density at radius 2 is 1.97 bits per heavy atom. The summed E-state index contributed by atoms with van der Waals surface area (Å²) in [5, 5.41) is 0.977. The average molecular weight is 452 g/mol. The third-order valence-corrected chi connectivity index (χ3v) is 7.45. The van der Waals surface area contributed by atoms with Crippen LogP contribution < -0.4 is 10.5 Å². The second kappa shape index (κ2) is 9.39. The van der Waals surface area contributed by atoms with Gasteiger partial charge in [0, 0.05) is 57.1 Å². The molecule has 2 aliphatic rings. The summed E-state index contributed by atoms with van der Waals surface area (Å²) in [4.78, 5) is 14.0. The first-order valence-corrected chi connectivity index (χ1v) is 12.7. The zero-order valence-electron chi connectivity index (χ0n) is 19.0. The fourth-order valence-electron chi connectivity index (χ4n) is 5.08. The lowest BCUT2D eigenvalue weighted by molar-refractivity contribution is 0.0920. The Labute approximate surface area is 194 Å². The van der Waals surface area contributed by atoms with Crippen LogP contribution in [-0.2, 0) is 6.54 Å². The van der Waals surface area contributed by atoms with Crippen LogP contribution in [0.3, 0.4) is 0 Å². The van der Waals surface area contributed by atoms with E-state index in [1.807, 2.05) is 6.26 Å². The molecule has 0 bridgehead atoms. The summed E-state index contributed by atoms with van der Waals surface area (Å²) in [6.07, 6.45) is 8.31. The number of benzene rings is 1. The first-order chi connectivity index (χ1) is 15.6. The van der Waals surface area contributed by atoms with Gasteiger partial charge in [-0.15, -0.1) is 0 Å². The van der Waals surface area contributed by atoms with Crippen molar-refractivity contribution in [3.8, 4) is 11.1 Å². The van der Waals surface area contributed by atoms with Gasteiger partial charge in [-0.1, -0.05) is 30.1 Å². The SMILES string of the molecule is CSNCc1cccc(-c2cn(C3CC(CN4CCN(C)CC4)C3)c3ncnc(N)c23)c1. The van der Waals surface area contributed by atoms with Gasteiger partial charge < -0.3 is 20.1 Å². The molecule has 1 saturated heterocycles. The number of anilines is 1. The number of nitrogens with zero attached hydrogens (tertiary/aromatic N) is 5. The quantitative estimate of drug-likeness (QED) is 0.534. The van der Waals surface area contributed by atoms with Crippen LogP contribution in [0.25, 0.3) is 22.2 Å². The van der Waals surface area contributed by atoms with Crippen molar-refractivity contribution in [3.63, 3.8) is 0 Å². The zero-order valence-corrected chi connectivity index (χ0v) is 19.8. The van der Waals surface area contributed by atoms with Gasteiger partial charge in [0.05, 0.1) is 5.39 Å². The molecule has 1 aromatic carbocycles. The summed E-state index contributed by atoms with van der Waals surface area (Å²) in [6, 6.07) is 9.15. The summed E-state index contributed by atoms with van der Waals surface area (Å²) in [5.74, 6) is 1.33. The Hall–Kier alpha value is -2.13. The predicted molar refractivity (Wildman–Crippen MR) is 133 cm³/mol. The number of rotatable bonds is 7. The number of aromatic nitrogens is 3. The van der Waals surface area contributed by atoms with Gasteiger partial charge in [-0.3, -0.25) is 4.72 Å². The molecule has 8 heteroatoms. The molecule has 7 nitrogen and oxygen atoms in total. The molecule has 0 spiro atoms. The van der Waals surface area contributed by atoms with Crippen LogP contribution in [0.4, 0.5) is 5.82 Å². The van der Waals surface area contributed by atoms with Gasteiger partial charge in [0.25, 0.3) is 0 Å². The molecule has 0 atom stereocenters. The molecular weight excluding hydrogens is 418 g/mol.